The molecule has 0 radical (unpaired) electrons. The number of nitrogens with one attached hydrogen (secondary N) is 1. The van der Waals surface area contributed by atoms with E-state index in [9.17, 15) is 31.5 Å². The molecule has 1 aliphatic carbocycles. The Bertz CT molecular complexity index is 1500. The third kappa shape index (κ3) is 5.81. The fourth-order valence-electron chi connectivity index (χ4n) is 5.08. The number of nitrogens with zero attached hydrogens (tertiary/aromatic N) is 3. The molecule has 0 unspecified atom stereocenters. The van der Waals surface area contributed by atoms with Crippen molar-refractivity contribution in [2.45, 2.75) is 54.7 Å². The molecule has 1 aliphatic heterocycles. The van der Waals surface area contributed by atoms with E-state index in [4.69, 9.17) is 0 Å². The maximum absolute atomic E-state index is 13.2. The van der Waals surface area contributed by atoms with Gasteiger partial charge in [0.25, 0.3) is 10.0 Å². The monoisotopic (exact) mass is 598 g/mol. The third-order valence-electron chi connectivity index (χ3n) is 7.44. The quantitative estimate of drug-likeness (QED) is 0.376. The van der Waals surface area contributed by atoms with Crippen LogP contribution in [0.2, 0.25) is 0 Å². The molecule has 3 aromatic rings. The number of sulfonamides is 1. The number of hydrogen-bond acceptors (Lipinski definition) is 8. The van der Waals surface area contributed by atoms with Gasteiger partial charge in [-0.15, -0.1) is 11.3 Å². The van der Waals surface area contributed by atoms with Crippen molar-refractivity contribution in [3.8, 4) is 10.6 Å². The van der Waals surface area contributed by atoms with Crippen LogP contribution in [-0.4, -0.2) is 72.2 Å². The first-order valence-electron chi connectivity index (χ1n) is 12.8. The van der Waals surface area contributed by atoms with Crippen LogP contribution in [0.25, 0.3) is 10.6 Å². The summed E-state index contributed by atoms with van der Waals surface area (Å²) in [7, 11) is -4.30. The number of benzene rings is 1. The van der Waals surface area contributed by atoms with Crippen molar-refractivity contribution in [3.63, 3.8) is 0 Å². The lowest BCUT2D eigenvalue weighted by atomic mass is 10.0. The van der Waals surface area contributed by atoms with Crippen LogP contribution < -0.4 is 4.72 Å². The van der Waals surface area contributed by atoms with Crippen molar-refractivity contribution in [2.24, 2.45) is 0 Å². The van der Waals surface area contributed by atoms with E-state index in [1.807, 2.05) is 18.2 Å². The zero-order chi connectivity index (χ0) is 28.9. The zero-order valence-corrected chi connectivity index (χ0v) is 23.4. The molecule has 40 heavy (non-hydrogen) atoms. The van der Waals surface area contributed by atoms with Gasteiger partial charge in [-0.2, -0.15) is 17.9 Å². The summed E-state index contributed by atoms with van der Waals surface area (Å²) in [6.45, 7) is 8.90. The van der Waals surface area contributed by atoms with Gasteiger partial charge in [-0.25, -0.2) is 8.42 Å². The Morgan fingerprint density at radius 3 is 2.55 bits per heavy atom. The molecule has 14 heteroatoms. The van der Waals surface area contributed by atoms with Crippen molar-refractivity contribution in [2.75, 3.05) is 26.2 Å². The minimum atomic E-state index is -4.73. The van der Waals surface area contributed by atoms with Gasteiger partial charge < -0.3 is 9.63 Å². The maximum Gasteiger partial charge on any atom is 0.452 e. The summed E-state index contributed by atoms with van der Waals surface area (Å²) in [4.78, 5) is 17.2. The van der Waals surface area contributed by atoms with E-state index < -0.39 is 39.4 Å². The minimum Gasteiger partial charge on any atom is -0.480 e. The van der Waals surface area contributed by atoms with E-state index in [1.165, 1.54) is 12.1 Å². The van der Waals surface area contributed by atoms with Crippen molar-refractivity contribution in [1.29, 1.82) is 0 Å². The molecule has 0 amide bonds. The van der Waals surface area contributed by atoms with Gasteiger partial charge in [0.05, 0.1) is 4.88 Å². The van der Waals surface area contributed by atoms with Crippen LogP contribution in [0.15, 0.2) is 51.2 Å². The number of carbonyl (C=O) groups is 1. The van der Waals surface area contributed by atoms with Crippen LogP contribution in [0.1, 0.15) is 43.1 Å². The smallest absolute Gasteiger partial charge is 0.452 e. The second-order valence-corrected chi connectivity index (χ2v) is 13.5. The van der Waals surface area contributed by atoms with E-state index in [0.717, 1.165) is 37.3 Å². The molecule has 2 N–H and O–H groups in total. The topological polar surface area (TPSA) is 116 Å². The molecule has 2 fully saturated rings. The highest BCUT2D eigenvalue weighted by atomic mass is 32.2. The number of thiophene rings is 1. The third-order valence-corrected chi connectivity index (χ3v) is 10.6. The number of aliphatic carboxylic acids is 1. The summed E-state index contributed by atoms with van der Waals surface area (Å²) in [6, 6.07) is 11.3. The molecule has 216 valence electrons. The van der Waals surface area contributed by atoms with E-state index >= 15 is 0 Å². The average Bonchev–Trinajstić information content (AvgIpc) is 3.24. The second kappa shape index (κ2) is 10.6. The zero-order valence-electron chi connectivity index (χ0n) is 21.8. The maximum atomic E-state index is 13.2. The Morgan fingerprint density at radius 2 is 1.93 bits per heavy atom. The molecule has 2 aromatic heterocycles. The average molecular weight is 599 g/mol. The van der Waals surface area contributed by atoms with Gasteiger partial charge in [0.15, 0.2) is 0 Å². The molecular formula is C26H29F3N4O5S2. The van der Waals surface area contributed by atoms with Crippen LogP contribution in [0.5, 0.6) is 0 Å². The minimum absolute atomic E-state index is 0.0779. The van der Waals surface area contributed by atoms with Gasteiger partial charge in [-0.1, -0.05) is 29.4 Å². The molecule has 1 saturated carbocycles. The van der Waals surface area contributed by atoms with Crippen molar-refractivity contribution in [1.82, 2.24) is 19.7 Å². The van der Waals surface area contributed by atoms with Crippen LogP contribution in [0.4, 0.5) is 13.2 Å². The highest BCUT2D eigenvalue weighted by molar-refractivity contribution is 7.91. The van der Waals surface area contributed by atoms with E-state index in [2.05, 4.69) is 38.0 Å². The molecule has 0 bridgehead atoms. The SMILES string of the molecule is CC(C)N1CCN(Cc2cccc([C@H]3C[C@@]3(NS(=O)(=O)c3ccc(-c4cc(C(F)(F)F)on4)s3)C(=O)O)c2)CC1. The molecule has 3 heterocycles. The van der Waals surface area contributed by atoms with Crippen molar-refractivity contribution in [3.05, 3.63) is 59.4 Å². The predicted octanol–water partition coefficient (Wildman–Crippen LogP) is 4.24. The largest absolute Gasteiger partial charge is 0.480 e. The number of aromatic nitrogens is 1. The lowest BCUT2D eigenvalue weighted by Gasteiger charge is -2.37. The highest BCUT2D eigenvalue weighted by Gasteiger charge is 2.63. The standard InChI is InChI=1S/C26H29F3N4O5S2/c1-16(2)33-10-8-32(9-11-33)15-17-4-3-5-18(12-17)19-14-25(19,24(34)35)31-40(36,37)23-7-6-21(39-23)20-13-22(38-30-20)26(27,28)29/h3-7,12-13,16,19,31H,8-11,14-15H2,1-2H3,(H,34,35)/t19-,25+/m1/s1. The fourth-order valence-corrected chi connectivity index (χ4v) is 7.74. The number of hydrogen-bond donors (Lipinski definition) is 2. The molecule has 0 spiro atoms. The Morgan fingerprint density at radius 1 is 1.20 bits per heavy atom. The van der Waals surface area contributed by atoms with Gasteiger partial charge in [-0.3, -0.25) is 14.6 Å². The van der Waals surface area contributed by atoms with Crippen LogP contribution >= 0.6 is 11.3 Å². The number of rotatable bonds is 9. The van der Waals surface area contributed by atoms with Gasteiger partial charge in [0.1, 0.15) is 15.4 Å². The van der Waals surface area contributed by atoms with Gasteiger partial charge in [-0.05, 0) is 43.5 Å². The fraction of sp³-hybridized carbons (Fsp3) is 0.462. The summed E-state index contributed by atoms with van der Waals surface area (Å²) in [6.07, 6.45) is -4.65. The predicted molar refractivity (Wildman–Crippen MR) is 141 cm³/mol. The number of alkyl halides is 3. The number of piperazine rings is 1. The second-order valence-electron chi connectivity index (χ2n) is 10.5. The first-order valence-corrected chi connectivity index (χ1v) is 15.1. The number of carboxylic acids is 1. The summed E-state index contributed by atoms with van der Waals surface area (Å²) < 4.78 is 71.3. The molecule has 5 rings (SSSR count). The summed E-state index contributed by atoms with van der Waals surface area (Å²) in [5.41, 5.74) is -0.128. The van der Waals surface area contributed by atoms with Gasteiger partial charge in [0.2, 0.25) is 5.76 Å². The summed E-state index contributed by atoms with van der Waals surface area (Å²) in [5, 5.41) is 13.4. The van der Waals surface area contributed by atoms with E-state index in [0.29, 0.717) is 30.0 Å². The van der Waals surface area contributed by atoms with Crippen LogP contribution in [-0.2, 0) is 27.5 Å². The Kier molecular flexibility index (Phi) is 7.59. The summed E-state index contributed by atoms with van der Waals surface area (Å²) in [5.74, 6) is -3.16. The van der Waals surface area contributed by atoms with Crippen molar-refractivity contribution >= 4 is 27.3 Å². The Hall–Kier alpha value is -2.78. The summed E-state index contributed by atoms with van der Waals surface area (Å²) >= 11 is 0.676. The van der Waals surface area contributed by atoms with Crippen LogP contribution in [0.3, 0.4) is 0 Å². The normalized spacial score (nSPS) is 22.6. The molecule has 9 nitrogen and oxygen atoms in total. The van der Waals surface area contributed by atoms with E-state index in [-0.39, 0.29) is 21.2 Å². The molecule has 1 aromatic carbocycles. The highest BCUT2D eigenvalue weighted by Crippen LogP contribution is 2.53. The molecule has 2 atom stereocenters. The van der Waals surface area contributed by atoms with E-state index in [1.54, 1.807) is 6.07 Å². The molecule has 2 aliphatic rings. The molecule has 1 saturated heterocycles. The Labute approximate surface area is 233 Å². The lowest BCUT2D eigenvalue weighted by molar-refractivity contribution is -0.155. The lowest BCUT2D eigenvalue weighted by Crippen LogP contribution is -2.48. The number of halogens is 3. The van der Waals surface area contributed by atoms with Crippen LogP contribution in [0, 0.1) is 0 Å². The number of carboxylic acid groups (broad SMARTS) is 1. The first-order chi connectivity index (χ1) is 18.8. The molecular weight excluding hydrogens is 569 g/mol. The van der Waals surface area contributed by atoms with Gasteiger partial charge in [0, 0.05) is 50.7 Å². The Balaban J connectivity index is 1.29. The first kappa shape index (κ1) is 28.7. The van der Waals surface area contributed by atoms with Gasteiger partial charge >= 0.3 is 12.1 Å². The van der Waals surface area contributed by atoms with Crippen molar-refractivity contribution < 1.29 is 36.0 Å².